The van der Waals surface area contributed by atoms with Crippen LogP contribution in [0.4, 0.5) is 0 Å². The molecule has 0 saturated heterocycles. The number of ether oxygens (including phenoxy) is 1. The number of nitrogens with one attached hydrogen (secondary N) is 1. The van der Waals surface area contributed by atoms with Crippen LogP contribution in [-0.2, 0) is 11.2 Å². The lowest BCUT2D eigenvalue weighted by atomic mass is 10.0. The van der Waals surface area contributed by atoms with Gasteiger partial charge in [0.2, 0.25) is 5.91 Å². The Morgan fingerprint density at radius 3 is 2.44 bits per heavy atom. The summed E-state index contributed by atoms with van der Waals surface area (Å²) in [7, 11) is 1.64. The monoisotopic (exact) mass is 363 g/mol. The molecule has 1 N–H and O–H groups in total. The molecule has 4 nitrogen and oxygen atoms in total. The molecule has 0 radical (unpaired) electrons. The van der Waals surface area contributed by atoms with Crippen LogP contribution in [0.5, 0.6) is 5.75 Å². The van der Waals surface area contributed by atoms with Gasteiger partial charge in [-0.3, -0.25) is 4.79 Å². The van der Waals surface area contributed by atoms with Gasteiger partial charge in [0.25, 0.3) is 0 Å². The van der Waals surface area contributed by atoms with Crippen LogP contribution in [0.15, 0.2) is 71.1 Å². The first-order chi connectivity index (χ1) is 13.2. The average molecular weight is 363 g/mol. The average Bonchev–Trinajstić information content (AvgIpc) is 3.20. The molecule has 27 heavy (non-hydrogen) atoms. The summed E-state index contributed by atoms with van der Waals surface area (Å²) < 4.78 is 11.1. The molecular formula is C23H25NO3. The quantitative estimate of drug-likeness (QED) is 0.602. The highest BCUT2D eigenvalue weighted by atomic mass is 16.5. The minimum absolute atomic E-state index is 0.000105. The van der Waals surface area contributed by atoms with Crippen molar-refractivity contribution in [3.05, 3.63) is 78.1 Å². The highest BCUT2D eigenvalue weighted by molar-refractivity contribution is 5.76. The Morgan fingerprint density at radius 2 is 1.78 bits per heavy atom. The van der Waals surface area contributed by atoms with E-state index in [1.54, 1.807) is 7.11 Å². The zero-order valence-electron chi connectivity index (χ0n) is 15.8. The van der Waals surface area contributed by atoms with Gasteiger partial charge in [-0.15, -0.1) is 0 Å². The Balaban J connectivity index is 1.55. The van der Waals surface area contributed by atoms with Gasteiger partial charge in [0.05, 0.1) is 13.2 Å². The van der Waals surface area contributed by atoms with E-state index in [9.17, 15) is 4.79 Å². The molecule has 1 atom stereocenters. The van der Waals surface area contributed by atoms with Gasteiger partial charge >= 0.3 is 0 Å². The van der Waals surface area contributed by atoms with Crippen LogP contribution in [-0.4, -0.2) is 13.0 Å². The van der Waals surface area contributed by atoms with Gasteiger partial charge in [-0.05, 0) is 36.2 Å². The predicted octanol–water partition coefficient (Wildman–Crippen LogP) is 5.16. The van der Waals surface area contributed by atoms with E-state index in [1.807, 2.05) is 66.7 Å². The van der Waals surface area contributed by atoms with Crippen LogP contribution in [0.2, 0.25) is 0 Å². The van der Waals surface area contributed by atoms with Crippen LogP contribution in [0, 0.1) is 0 Å². The van der Waals surface area contributed by atoms with E-state index < -0.39 is 0 Å². The zero-order valence-corrected chi connectivity index (χ0v) is 15.8. The van der Waals surface area contributed by atoms with Crippen molar-refractivity contribution in [2.24, 2.45) is 0 Å². The molecule has 3 aromatic rings. The topological polar surface area (TPSA) is 51.5 Å². The second kappa shape index (κ2) is 9.08. The van der Waals surface area contributed by atoms with Gasteiger partial charge in [0.1, 0.15) is 17.3 Å². The fourth-order valence-electron chi connectivity index (χ4n) is 3.03. The summed E-state index contributed by atoms with van der Waals surface area (Å²) in [6.45, 7) is 2.06. The largest absolute Gasteiger partial charge is 0.497 e. The molecule has 140 valence electrons. The molecule has 0 bridgehead atoms. The van der Waals surface area contributed by atoms with Crippen molar-refractivity contribution >= 4 is 5.91 Å². The molecule has 0 spiro atoms. The van der Waals surface area contributed by atoms with E-state index >= 15 is 0 Å². The molecule has 4 heteroatoms. The van der Waals surface area contributed by atoms with Crippen molar-refractivity contribution in [3.63, 3.8) is 0 Å². The van der Waals surface area contributed by atoms with Gasteiger partial charge in [0, 0.05) is 18.4 Å². The number of aryl methyl sites for hydroxylation is 1. The molecule has 2 aromatic carbocycles. The first kappa shape index (κ1) is 18.8. The highest BCUT2D eigenvalue weighted by Gasteiger charge is 2.14. The number of furan rings is 1. The van der Waals surface area contributed by atoms with Crippen molar-refractivity contribution in [2.75, 3.05) is 7.11 Å². The molecule has 1 unspecified atom stereocenters. The summed E-state index contributed by atoms with van der Waals surface area (Å²) in [5.74, 6) is 2.49. The molecule has 1 heterocycles. The van der Waals surface area contributed by atoms with Crippen molar-refractivity contribution in [1.82, 2.24) is 5.32 Å². The number of benzene rings is 2. The van der Waals surface area contributed by atoms with E-state index in [1.165, 1.54) is 0 Å². The third kappa shape index (κ3) is 5.00. The van der Waals surface area contributed by atoms with Gasteiger partial charge in [-0.25, -0.2) is 0 Å². The Hall–Kier alpha value is -3.01. The Labute approximate surface area is 160 Å². The van der Waals surface area contributed by atoms with Crippen molar-refractivity contribution in [2.45, 2.75) is 32.2 Å². The number of carbonyl (C=O) groups is 1. The summed E-state index contributed by atoms with van der Waals surface area (Å²) in [5.41, 5.74) is 2.12. The summed E-state index contributed by atoms with van der Waals surface area (Å²) in [6, 6.07) is 21.7. The highest BCUT2D eigenvalue weighted by Crippen LogP contribution is 2.23. The maximum Gasteiger partial charge on any atom is 0.220 e. The lowest BCUT2D eigenvalue weighted by molar-refractivity contribution is -0.121. The van der Waals surface area contributed by atoms with Gasteiger partial charge < -0.3 is 14.5 Å². The predicted molar refractivity (Wildman–Crippen MR) is 107 cm³/mol. The number of hydrogen-bond donors (Lipinski definition) is 1. The molecule has 0 aliphatic heterocycles. The van der Waals surface area contributed by atoms with E-state index in [-0.39, 0.29) is 11.9 Å². The third-order valence-corrected chi connectivity index (χ3v) is 4.58. The van der Waals surface area contributed by atoms with Gasteiger partial charge in [0.15, 0.2) is 0 Å². The molecule has 3 rings (SSSR count). The van der Waals surface area contributed by atoms with Crippen LogP contribution in [0.3, 0.4) is 0 Å². The summed E-state index contributed by atoms with van der Waals surface area (Å²) in [4.78, 5) is 12.4. The fraction of sp³-hybridized carbons (Fsp3) is 0.261. The Morgan fingerprint density at radius 1 is 1.04 bits per heavy atom. The Kier molecular flexibility index (Phi) is 6.31. The first-order valence-corrected chi connectivity index (χ1v) is 9.27. The molecule has 0 saturated carbocycles. The van der Waals surface area contributed by atoms with E-state index in [2.05, 4.69) is 12.2 Å². The smallest absolute Gasteiger partial charge is 0.220 e. The Bertz CT molecular complexity index is 853. The number of carbonyl (C=O) groups excluding carboxylic acids is 1. The molecule has 0 fully saturated rings. The molecule has 1 aromatic heterocycles. The molecule has 0 aliphatic rings. The minimum Gasteiger partial charge on any atom is -0.497 e. The maximum atomic E-state index is 12.4. The van der Waals surface area contributed by atoms with E-state index in [0.29, 0.717) is 12.8 Å². The normalized spacial score (nSPS) is 11.8. The second-order valence-corrected chi connectivity index (χ2v) is 6.43. The standard InChI is InChI=1S/C23H25NO3/c1-3-21(17-9-11-19(26-2)12-10-17)24-23(25)16-14-20-13-15-22(27-20)18-7-5-4-6-8-18/h4-13,15,21H,3,14,16H2,1-2H3,(H,24,25). The van der Waals surface area contributed by atoms with Gasteiger partial charge in [-0.1, -0.05) is 49.4 Å². The maximum absolute atomic E-state index is 12.4. The SMILES string of the molecule is CCC(NC(=O)CCc1ccc(-c2ccccc2)o1)c1ccc(OC)cc1. The zero-order chi connectivity index (χ0) is 19.1. The minimum atomic E-state index is -0.000105. The number of rotatable bonds is 8. The molecular weight excluding hydrogens is 338 g/mol. The van der Waals surface area contributed by atoms with Crippen molar-refractivity contribution < 1.29 is 13.9 Å². The molecule has 0 aliphatic carbocycles. The van der Waals surface area contributed by atoms with E-state index in [0.717, 1.165) is 34.8 Å². The van der Waals surface area contributed by atoms with Crippen molar-refractivity contribution in [3.8, 4) is 17.1 Å². The number of amides is 1. The summed E-state index contributed by atoms with van der Waals surface area (Å²) in [5, 5.41) is 3.11. The van der Waals surface area contributed by atoms with Crippen molar-refractivity contribution in [1.29, 1.82) is 0 Å². The van der Waals surface area contributed by atoms with Crippen LogP contribution < -0.4 is 10.1 Å². The lowest BCUT2D eigenvalue weighted by Crippen LogP contribution is -2.28. The third-order valence-electron chi connectivity index (χ3n) is 4.58. The van der Waals surface area contributed by atoms with Crippen LogP contribution >= 0.6 is 0 Å². The van der Waals surface area contributed by atoms with Gasteiger partial charge in [-0.2, -0.15) is 0 Å². The van der Waals surface area contributed by atoms with Crippen LogP contribution in [0.25, 0.3) is 11.3 Å². The fourth-order valence-corrected chi connectivity index (χ4v) is 3.03. The molecule has 1 amide bonds. The number of hydrogen-bond acceptors (Lipinski definition) is 3. The lowest BCUT2D eigenvalue weighted by Gasteiger charge is -2.17. The summed E-state index contributed by atoms with van der Waals surface area (Å²) in [6.07, 6.45) is 1.81. The van der Waals surface area contributed by atoms with E-state index in [4.69, 9.17) is 9.15 Å². The second-order valence-electron chi connectivity index (χ2n) is 6.43. The first-order valence-electron chi connectivity index (χ1n) is 9.27. The summed E-state index contributed by atoms with van der Waals surface area (Å²) >= 11 is 0. The van der Waals surface area contributed by atoms with Crippen LogP contribution in [0.1, 0.15) is 37.1 Å². The number of methoxy groups -OCH3 is 1.